The summed E-state index contributed by atoms with van der Waals surface area (Å²) in [7, 11) is 0. The van der Waals surface area contributed by atoms with Crippen molar-refractivity contribution in [1.29, 1.82) is 0 Å². The lowest BCUT2D eigenvalue weighted by Gasteiger charge is -2.08. The van der Waals surface area contributed by atoms with E-state index in [0.717, 1.165) is 22.1 Å². The minimum absolute atomic E-state index is 0.282. The van der Waals surface area contributed by atoms with Gasteiger partial charge >= 0.3 is 0 Å². The van der Waals surface area contributed by atoms with Crippen LogP contribution in [0.4, 0.5) is 5.82 Å². The molecule has 2 unspecified atom stereocenters. The molecule has 0 amide bonds. The van der Waals surface area contributed by atoms with Crippen molar-refractivity contribution in [3.63, 3.8) is 0 Å². The maximum absolute atomic E-state index is 5.79. The standard InChI is InChI=1S/C12H12BrN3/c13-9-3-1-2-8-7(9)4-5-15-12(8)16-11-6-10(11)14/h1-5,10-11H,6,14H2,(H,15,16). The van der Waals surface area contributed by atoms with Gasteiger partial charge in [0.2, 0.25) is 0 Å². The molecule has 3 rings (SSSR count). The van der Waals surface area contributed by atoms with Crippen molar-refractivity contribution in [2.75, 3.05) is 5.32 Å². The zero-order valence-electron chi connectivity index (χ0n) is 8.65. The summed E-state index contributed by atoms with van der Waals surface area (Å²) >= 11 is 3.54. The number of rotatable bonds is 2. The summed E-state index contributed by atoms with van der Waals surface area (Å²) < 4.78 is 1.09. The van der Waals surface area contributed by atoms with E-state index in [0.29, 0.717) is 6.04 Å². The van der Waals surface area contributed by atoms with Crippen LogP contribution in [0.25, 0.3) is 10.8 Å². The number of hydrogen-bond acceptors (Lipinski definition) is 3. The van der Waals surface area contributed by atoms with Crippen molar-refractivity contribution in [2.24, 2.45) is 5.73 Å². The predicted octanol–water partition coefficient (Wildman–Crippen LogP) is 2.51. The minimum atomic E-state index is 0.282. The zero-order chi connectivity index (χ0) is 11.1. The molecule has 1 fully saturated rings. The van der Waals surface area contributed by atoms with E-state index in [1.54, 1.807) is 0 Å². The first-order valence-corrected chi connectivity index (χ1v) is 6.10. The fourth-order valence-electron chi connectivity index (χ4n) is 1.84. The van der Waals surface area contributed by atoms with Gasteiger partial charge in [-0.25, -0.2) is 4.98 Å². The second-order valence-corrected chi connectivity index (χ2v) is 5.00. The molecule has 1 saturated carbocycles. The van der Waals surface area contributed by atoms with Gasteiger partial charge in [0.25, 0.3) is 0 Å². The van der Waals surface area contributed by atoms with Gasteiger partial charge in [-0.1, -0.05) is 28.1 Å². The Morgan fingerprint density at radius 3 is 2.88 bits per heavy atom. The Bertz CT molecular complexity index is 541. The fraction of sp³-hybridized carbons (Fsp3) is 0.250. The lowest BCUT2D eigenvalue weighted by atomic mass is 10.1. The van der Waals surface area contributed by atoms with Crippen LogP contribution in [0, 0.1) is 0 Å². The van der Waals surface area contributed by atoms with Gasteiger partial charge in [-0.3, -0.25) is 0 Å². The summed E-state index contributed by atoms with van der Waals surface area (Å²) in [6, 6.07) is 8.81. The zero-order valence-corrected chi connectivity index (χ0v) is 10.2. The molecule has 0 spiro atoms. The van der Waals surface area contributed by atoms with Crippen molar-refractivity contribution in [3.8, 4) is 0 Å². The topological polar surface area (TPSA) is 50.9 Å². The van der Waals surface area contributed by atoms with Crippen molar-refractivity contribution < 1.29 is 0 Å². The van der Waals surface area contributed by atoms with Crippen LogP contribution in [-0.4, -0.2) is 17.1 Å². The Balaban J connectivity index is 2.07. The van der Waals surface area contributed by atoms with Gasteiger partial charge in [0.05, 0.1) is 0 Å². The van der Waals surface area contributed by atoms with Gasteiger partial charge in [0.15, 0.2) is 0 Å². The van der Waals surface area contributed by atoms with Crippen LogP contribution in [0.5, 0.6) is 0 Å². The average Bonchev–Trinajstić information content (AvgIpc) is 2.96. The first kappa shape index (κ1) is 10.1. The molecule has 2 aromatic rings. The highest BCUT2D eigenvalue weighted by Gasteiger charge is 2.33. The number of hydrogen-bond donors (Lipinski definition) is 2. The lowest BCUT2D eigenvalue weighted by Crippen LogP contribution is -2.14. The minimum Gasteiger partial charge on any atom is -0.365 e. The number of nitrogens with zero attached hydrogens (tertiary/aromatic N) is 1. The van der Waals surface area contributed by atoms with Crippen LogP contribution in [0.15, 0.2) is 34.9 Å². The molecule has 2 atom stereocenters. The highest BCUT2D eigenvalue weighted by Crippen LogP contribution is 2.30. The third-order valence-electron chi connectivity index (χ3n) is 2.91. The molecule has 16 heavy (non-hydrogen) atoms. The number of anilines is 1. The predicted molar refractivity (Wildman–Crippen MR) is 69.4 cm³/mol. The van der Waals surface area contributed by atoms with E-state index >= 15 is 0 Å². The number of aromatic nitrogens is 1. The summed E-state index contributed by atoms with van der Waals surface area (Å²) in [5, 5.41) is 5.69. The summed E-state index contributed by atoms with van der Waals surface area (Å²) in [5.41, 5.74) is 5.79. The van der Waals surface area contributed by atoms with Crippen LogP contribution < -0.4 is 11.1 Å². The third kappa shape index (κ3) is 1.68. The summed E-state index contributed by atoms with van der Waals surface area (Å²) in [4.78, 5) is 4.38. The Kier molecular flexibility index (Phi) is 2.33. The molecule has 1 heterocycles. The van der Waals surface area contributed by atoms with Gasteiger partial charge in [-0.05, 0) is 18.6 Å². The molecule has 82 valence electrons. The summed E-state index contributed by atoms with van der Waals surface area (Å²) in [6.45, 7) is 0. The molecule has 4 heteroatoms. The van der Waals surface area contributed by atoms with Gasteiger partial charge < -0.3 is 11.1 Å². The molecule has 1 aromatic carbocycles. The second kappa shape index (κ2) is 3.71. The quantitative estimate of drug-likeness (QED) is 0.887. The van der Waals surface area contributed by atoms with Crippen LogP contribution in [-0.2, 0) is 0 Å². The van der Waals surface area contributed by atoms with Crippen LogP contribution in [0.3, 0.4) is 0 Å². The number of benzene rings is 1. The van der Waals surface area contributed by atoms with Gasteiger partial charge in [-0.2, -0.15) is 0 Å². The Labute approximate surface area is 102 Å². The van der Waals surface area contributed by atoms with E-state index < -0.39 is 0 Å². The molecule has 1 aliphatic carbocycles. The lowest BCUT2D eigenvalue weighted by molar-refractivity contribution is 0.999. The molecule has 1 aliphatic rings. The van der Waals surface area contributed by atoms with E-state index in [1.807, 2.05) is 24.4 Å². The number of fused-ring (bicyclic) bond motifs is 1. The molecule has 1 aromatic heterocycles. The van der Waals surface area contributed by atoms with Crippen LogP contribution >= 0.6 is 15.9 Å². The molecule has 0 bridgehead atoms. The van der Waals surface area contributed by atoms with E-state index in [-0.39, 0.29) is 6.04 Å². The first-order chi connectivity index (χ1) is 7.75. The van der Waals surface area contributed by atoms with Gasteiger partial charge in [-0.15, -0.1) is 0 Å². The van der Waals surface area contributed by atoms with Crippen LogP contribution in [0.1, 0.15) is 6.42 Å². The normalized spacial score (nSPS) is 23.4. The molecular weight excluding hydrogens is 266 g/mol. The maximum Gasteiger partial charge on any atom is 0.134 e. The smallest absolute Gasteiger partial charge is 0.134 e. The largest absolute Gasteiger partial charge is 0.365 e. The molecule has 3 nitrogen and oxygen atoms in total. The molecular formula is C12H12BrN3. The van der Waals surface area contributed by atoms with Gasteiger partial charge in [0, 0.05) is 33.5 Å². The number of nitrogens with one attached hydrogen (secondary N) is 1. The fourth-order valence-corrected chi connectivity index (χ4v) is 2.34. The molecule has 0 radical (unpaired) electrons. The highest BCUT2D eigenvalue weighted by molar-refractivity contribution is 9.10. The molecule has 3 N–H and O–H groups in total. The maximum atomic E-state index is 5.79. The number of nitrogens with two attached hydrogens (primary N) is 1. The summed E-state index contributed by atoms with van der Waals surface area (Å²) in [5.74, 6) is 0.928. The van der Waals surface area contributed by atoms with E-state index in [4.69, 9.17) is 5.73 Å². The van der Waals surface area contributed by atoms with Gasteiger partial charge in [0.1, 0.15) is 5.82 Å². The Hall–Kier alpha value is -1.13. The van der Waals surface area contributed by atoms with E-state index in [9.17, 15) is 0 Å². The van der Waals surface area contributed by atoms with Crippen molar-refractivity contribution in [2.45, 2.75) is 18.5 Å². The Morgan fingerprint density at radius 2 is 2.12 bits per heavy atom. The SMILES string of the molecule is NC1CC1Nc1nccc2c(Br)cccc12. The number of pyridine rings is 1. The second-order valence-electron chi connectivity index (χ2n) is 4.14. The van der Waals surface area contributed by atoms with Crippen molar-refractivity contribution in [1.82, 2.24) is 4.98 Å². The third-order valence-corrected chi connectivity index (χ3v) is 3.61. The van der Waals surface area contributed by atoms with E-state index in [1.165, 1.54) is 5.39 Å². The Morgan fingerprint density at radius 1 is 1.31 bits per heavy atom. The monoisotopic (exact) mass is 277 g/mol. The van der Waals surface area contributed by atoms with Crippen LogP contribution in [0.2, 0.25) is 0 Å². The van der Waals surface area contributed by atoms with Crippen molar-refractivity contribution in [3.05, 3.63) is 34.9 Å². The van der Waals surface area contributed by atoms with Crippen molar-refractivity contribution >= 4 is 32.5 Å². The summed E-state index contributed by atoms with van der Waals surface area (Å²) in [6.07, 6.45) is 2.86. The van der Waals surface area contributed by atoms with E-state index in [2.05, 4.69) is 32.3 Å². The first-order valence-electron chi connectivity index (χ1n) is 5.31. The molecule has 0 aliphatic heterocycles. The highest BCUT2D eigenvalue weighted by atomic mass is 79.9. The number of halogens is 1. The molecule has 0 saturated heterocycles. The average molecular weight is 278 g/mol.